The first-order valence-corrected chi connectivity index (χ1v) is 9.59. The van der Waals surface area contributed by atoms with Crippen molar-refractivity contribution in [2.45, 2.75) is 57.0 Å². The molecular formula is C19H26N4O3. The third-order valence-corrected chi connectivity index (χ3v) is 5.10. The number of nitrogens with two attached hydrogens (primary N) is 1. The Morgan fingerprint density at radius 1 is 1.15 bits per heavy atom. The van der Waals surface area contributed by atoms with Crippen molar-refractivity contribution in [2.24, 2.45) is 17.6 Å². The van der Waals surface area contributed by atoms with Crippen LogP contribution in [0, 0.1) is 11.8 Å². The molecule has 0 aromatic carbocycles. The summed E-state index contributed by atoms with van der Waals surface area (Å²) < 4.78 is 5.86. The maximum absolute atomic E-state index is 12.6. The van der Waals surface area contributed by atoms with Gasteiger partial charge >= 0.3 is 0 Å². The molecule has 0 unspecified atom stereocenters. The lowest BCUT2D eigenvalue weighted by molar-refractivity contribution is -0.120. The van der Waals surface area contributed by atoms with Crippen molar-refractivity contribution in [3.05, 3.63) is 17.8 Å². The fraction of sp³-hybridized carbons (Fsp3) is 0.632. The van der Waals surface area contributed by atoms with E-state index in [0.29, 0.717) is 36.8 Å². The normalized spacial score (nSPS) is 20.3. The van der Waals surface area contributed by atoms with Gasteiger partial charge in [-0.05, 0) is 56.1 Å². The zero-order chi connectivity index (χ0) is 18.1. The summed E-state index contributed by atoms with van der Waals surface area (Å²) in [6.45, 7) is 0.628. The van der Waals surface area contributed by atoms with Crippen LogP contribution in [0.25, 0.3) is 0 Å². The fourth-order valence-corrected chi connectivity index (χ4v) is 2.88. The highest BCUT2D eigenvalue weighted by Gasteiger charge is 2.30. The van der Waals surface area contributed by atoms with Gasteiger partial charge in [-0.25, -0.2) is 4.98 Å². The molecule has 7 heteroatoms. The average Bonchev–Trinajstić information content (AvgIpc) is 3.44. The van der Waals surface area contributed by atoms with E-state index in [4.69, 9.17) is 10.5 Å². The maximum atomic E-state index is 12.6. The van der Waals surface area contributed by atoms with Crippen molar-refractivity contribution in [3.63, 3.8) is 0 Å². The molecule has 3 fully saturated rings. The summed E-state index contributed by atoms with van der Waals surface area (Å²) in [5, 5.41) is 6.12. The van der Waals surface area contributed by atoms with E-state index < -0.39 is 11.9 Å². The number of anilines is 1. The second kappa shape index (κ2) is 7.13. The molecule has 4 rings (SSSR count). The van der Waals surface area contributed by atoms with Gasteiger partial charge in [0.05, 0.1) is 12.3 Å². The Kier molecular flexibility index (Phi) is 4.70. The molecular weight excluding hydrogens is 332 g/mol. The van der Waals surface area contributed by atoms with Gasteiger partial charge < -0.3 is 21.1 Å². The second-order valence-electron chi connectivity index (χ2n) is 7.83. The van der Waals surface area contributed by atoms with Crippen molar-refractivity contribution >= 4 is 17.5 Å². The number of aromatic nitrogens is 1. The Bertz CT molecular complexity index is 696. The summed E-state index contributed by atoms with van der Waals surface area (Å²) in [7, 11) is 0. The summed E-state index contributed by atoms with van der Waals surface area (Å²) in [5.74, 6) is 0.671. The topological polar surface area (TPSA) is 106 Å². The molecule has 1 aromatic rings. The van der Waals surface area contributed by atoms with Crippen LogP contribution in [0.5, 0.6) is 5.88 Å². The molecule has 0 saturated heterocycles. The molecule has 0 bridgehead atoms. The van der Waals surface area contributed by atoms with E-state index in [1.807, 2.05) is 6.07 Å². The van der Waals surface area contributed by atoms with Crippen LogP contribution in [0.3, 0.4) is 0 Å². The molecule has 0 radical (unpaired) electrons. The van der Waals surface area contributed by atoms with Gasteiger partial charge in [0.25, 0.3) is 5.91 Å². The van der Waals surface area contributed by atoms with Gasteiger partial charge in [0.1, 0.15) is 11.7 Å². The molecule has 3 saturated carbocycles. The number of carbonyl (C=O) groups is 2. The zero-order valence-corrected chi connectivity index (χ0v) is 14.9. The summed E-state index contributed by atoms with van der Waals surface area (Å²) in [6.07, 6.45) is 7.46. The van der Waals surface area contributed by atoms with Gasteiger partial charge in [-0.1, -0.05) is 12.8 Å². The number of rotatable bonds is 10. The highest BCUT2D eigenvalue weighted by Crippen LogP contribution is 2.34. The Hall–Kier alpha value is -2.31. The van der Waals surface area contributed by atoms with Crippen LogP contribution in [0.4, 0.5) is 5.69 Å². The Labute approximate surface area is 153 Å². The predicted molar refractivity (Wildman–Crippen MR) is 96.9 cm³/mol. The smallest absolute Gasteiger partial charge is 0.270 e. The van der Waals surface area contributed by atoms with E-state index in [2.05, 4.69) is 15.6 Å². The number of primary amides is 1. The van der Waals surface area contributed by atoms with Gasteiger partial charge in [0.15, 0.2) is 0 Å². The summed E-state index contributed by atoms with van der Waals surface area (Å²) >= 11 is 0. The molecule has 4 N–H and O–H groups in total. The minimum Gasteiger partial charge on any atom is -0.476 e. The van der Waals surface area contributed by atoms with Gasteiger partial charge in [0.2, 0.25) is 11.8 Å². The number of pyridine rings is 1. The first-order valence-electron chi connectivity index (χ1n) is 9.59. The molecule has 2 amide bonds. The molecule has 0 aliphatic heterocycles. The van der Waals surface area contributed by atoms with Crippen LogP contribution in [-0.4, -0.2) is 35.5 Å². The fourth-order valence-electron chi connectivity index (χ4n) is 2.88. The minimum absolute atomic E-state index is 0.249. The van der Waals surface area contributed by atoms with Crippen LogP contribution < -0.4 is 21.1 Å². The number of nitrogens with one attached hydrogen (secondary N) is 2. The first kappa shape index (κ1) is 17.1. The molecule has 1 aromatic heterocycles. The van der Waals surface area contributed by atoms with Gasteiger partial charge in [-0.3, -0.25) is 9.59 Å². The van der Waals surface area contributed by atoms with E-state index in [9.17, 15) is 9.59 Å². The Balaban J connectivity index is 1.45. The van der Waals surface area contributed by atoms with Crippen LogP contribution in [0.2, 0.25) is 0 Å². The largest absolute Gasteiger partial charge is 0.476 e. The monoisotopic (exact) mass is 358 g/mol. The highest BCUT2D eigenvalue weighted by atomic mass is 16.5. The molecule has 26 heavy (non-hydrogen) atoms. The van der Waals surface area contributed by atoms with Crippen LogP contribution >= 0.6 is 0 Å². The standard InChI is InChI=1S/C19H26N4O3/c20-17(24)16(9-11-1-2-11)22-18(25)14-7-8-15(21-13-5-6-13)19(23-14)26-10-12-3-4-12/h7-8,11-13,16,21H,1-6,9-10H2,(H2,20,24)(H,22,25)/t16-/m0/s1. The summed E-state index contributed by atoms with van der Waals surface area (Å²) in [6, 6.07) is 3.33. The molecule has 1 heterocycles. The summed E-state index contributed by atoms with van der Waals surface area (Å²) in [4.78, 5) is 28.6. The summed E-state index contributed by atoms with van der Waals surface area (Å²) in [5.41, 5.74) is 6.51. The Morgan fingerprint density at radius 3 is 2.50 bits per heavy atom. The third-order valence-electron chi connectivity index (χ3n) is 5.10. The molecule has 7 nitrogen and oxygen atoms in total. The quantitative estimate of drug-likeness (QED) is 0.592. The zero-order valence-electron chi connectivity index (χ0n) is 14.9. The highest BCUT2D eigenvalue weighted by molar-refractivity contribution is 5.96. The van der Waals surface area contributed by atoms with Crippen LogP contribution in [0.15, 0.2) is 12.1 Å². The van der Waals surface area contributed by atoms with E-state index in [-0.39, 0.29) is 11.6 Å². The Morgan fingerprint density at radius 2 is 1.88 bits per heavy atom. The van der Waals surface area contributed by atoms with Gasteiger partial charge in [-0.2, -0.15) is 0 Å². The predicted octanol–water partition coefficient (Wildman–Crippen LogP) is 1.83. The second-order valence-corrected chi connectivity index (χ2v) is 7.83. The SMILES string of the molecule is NC(=O)[C@H](CC1CC1)NC(=O)c1ccc(NC2CC2)c(OCC2CC2)n1. The molecule has 140 valence electrons. The number of hydrogen-bond donors (Lipinski definition) is 3. The molecule has 1 atom stereocenters. The van der Waals surface area contributed by atoms with E-state index in [1.165, 1.54) is 12.8 Å². The lowest BCUT2D eigenvalue weighted by atomic mass is 10.1. The van der Waals surface area contributed by atoms with Gasteiger partial charge in [-0.15, -0.1) is 0 Å². The van der Waals surface area contributed by atoms with Crippen molar-refractivity contribution in [1.82, 2.24) is 10.3 Å². The lowest BCUT2D eigenvalue weighted by Gasteiger charge is -2.16. The number of hydrogen-bond acceptors (Lipinski definition) is 5. The molecule has 3 aliphatic carbocycles. The minimum atomic E-state index is -0.642. The van der Waals surface area contributed by atoms with Crippen molar-refractivity contribution < 1.29 is 14.3 Å². The van der Waals surface area contributed by atoms with Crippen molar-refractivity contribution in [1.29, 1.82) is 0 Å². The number of amides is 2. The number of carbonyl (C=O) groups excluding carboxylic acids is 2. The van der Waals surface area contributed by atoms with E-state index >= 15 is 0 Å². The molecule has 3 aliphatic rings. The third kappa shape index (κ3) is 4.65. The van der Waals surface area contributed by atoms with Crippen molar-refractivity contribution in [2.75, 3.05) is 11.9 Å². The van der Waals surface area contributed by atoms with Crippen molar-refractivity contribution in [3.8, 4) is 5.88 Å². The number of ether oxygens (including phenoxy) is 1. The van der Waals surface area contributed by atoms with E-state index in [0.717, 1.165) is 31.4 Å². The molecule has 0 spiro atoms. The lowest BCUT2D eigenvalue weighted by Crippen LogP contribution is -2.45. The van der Waals surface area contributed by atoms with Crippen LogP contribution in [0.1, 0.15) is 55.4 Å². The van der Waals surface area contributed by atoms with Crippen LogP contribution in [-0.2, 0) is 4.79 Å². The van der Waals surface area contributed by atoms with Gasteiger partial charge in [0, 0.05) is 6.04 Å². The maximum Gasteiger partial charge on any atom is 0.270 e. The first-order chi connectivity index (χ1) is 12.6. The van der Waals surface area contributed by atoms with E-state index in [1.54, 1.807) is 6.07 Å². The number of nitrogens with zero attached hydrogens (tertiary/aromatic N) is 1. The average molecular weight is 358 g/mol.